The van der Waals surface area contributed by atoms with Crippen LogP contribution in [-0.2, 0) is 6.42 Å². The summed E-state index contributed by atoms with van der Waals surface area (Å²) in [7, 11) is 0. The van der Waals surface area contributed by atoms with Crippen molar-refractivity contribution < 1.29 is 23.4 Å². The van der Waals surface area contributed by atoms with Gasteiger partial charge >= 0.3 is 0 Å². The molecule has 1 aromatic carbocycles. The molecule has 0 aliphatic heterocycles. The summed E-state index contributed by atoms with van der Waals surface area (Å²) >= 11 is 0. The van der Waals surface area contributed by atoms with Crippen LogP contribution in [-0.4, -0.2) is 16.3 Å². The van der Waals surface area contributed by atoms with Gasteiger partial charge in [0.25, 0.3) is 0 Å². The number of hydrogen-bond donors (Lipinski definition) is 2. The molecule has 0 spiro atoms. The molecule has 0 aliphatic rings. The maximum absolute atomic E-state index is 13.0. The van der Waals surface area contributed by atoms with Gasteiger partial charge in [0.1, 0.15) is 0 Å². The van der Waals surface area contributed by atoms with Crippen molar-refractivity contribution in [3.8, 4) is 5.75 Å². The lowest BCUT2D eigenvalue weighted by atomic mass is 10.1. The Morgan fingerprint density at radius 2 is 1.86 bits per heavy atom. The van der Waals surface area contributed by atoms with E-state index in [1.54, 1.807) is 0 Å². The largest absolute Gasteiger partial charge is 0.505 e. The van der Waals surface area contributed by atoms with Gasteiger partial charge in [-0.2, -0.15) is 0 Å². The Hall–Kier alpha value is -1.23. The van der Waals surface area contributed by atoms with E-state index in [4.69, 9.17) is 10.2 Å². The van der Waals surface area contributed by atoms with Crippen LogP contribution in [0.2, 0.25) is 0 Å². The van der Waals surface area contributed by atoms with E-state index in [2.05, 4.69) is 0 Å². The van der Waals surface area contributed by atoms with Gasteiger partial charge in [0.15, 0.2) is 23.2 Å². The molecular formula is C9H9F3O2. The van der Waals surface area contributed by atoms with E-state index in [9.17, 15) is 13.2 Å². The van der Waals surface area contributed by atoms with E-state index >= 15 is 0 Å². The summed E-state index contributed by atoms with van der Waals surface area (Å²) in [5.41, 5.74) is -0.641. The molecule has 14 heavy (non-hydrogen) atoms. The highest BCUT2D eigenvalue weighted by atomic mass is 19.2. The molecule has 1 unspecified atom stereocenters. The highest BCUT2D eigenvalue weighted by molar-refractivity contribution is 5.32. The van der Waals surface area contributed by atoms with Crippen LogP contribution in [0.5, 0.6) is 5.75 Å². The molecule has 2 N–H and O–H groups in total. The summed E-state index contributed by atoms with van der Waals surface area (Å²) in [6.07, 6.45) is -1.40. The molecule has 0 amide bonds. The van der Waals surface area contributed by atoms with Crippen LogP contribution in [0.4, 0.5) is 13.2 Å². The van der Waals surface area contributed by atoms with Crippen molar-refractivity contribution in [3.63, 3.8) is 0 Å². The molecule has 0 saturated heterocycles. The van der Waals surface area contributed by atoms with Crippen molar-refractivity contribution in [1.29, 1.82) is 0 Å². The molecule has 5 heteroatoms. The fourth-order valence-corrected chi connectivity index (χ4v) is 1.12. The number of benzene rings is 1. The summed E-state index contributed by atoms with van der Waals surface area (Å²) in [6, 6.07) is 0.357. The summed E-state index contributed by atoms with van der Waals surface area (Å²) in [4.78, 5) is 0. The predicted molar refractivity (Wildman–Crippen MR) is 43.4 cm³/mol. The fourth-order valence-electron chi connectivity index (χ4n) is 1.12. The number of aliphatic hydroxyl groups excluding tert-OH is 1. The Morgan fingerprint density at radius 3 is 2.36 bits per heavy atom. The fraction of sp³-hybridized carbons (Fsp3) is 0.333. The third kappa shape index (κ3) is 1.98. The maximum atomic E-state index is 13.0. The molecule has 1 rings (SSSR count). The van der Waals surface area contributed by atoms with Gasteiger partial charge in [0.2, 0.25) is 0 Å². The maximum Gasteiger partial charge on any atom is 0.171 e. The van der Waals surface area contributed by atoms with Crippen LogP contribution < -0.4 is 0 Å². The lowest BCUT2D eigenvalue weighted by molar-refractivity contribution is 0.191. The number of phenols is 1. The van der Waals surface area contributed by atoms with Crippen LogP contribution >= 0.6 is 0 Å². The number of aromatic hydroxyl groups is 1. The molecule has 1 aromatic rings. The van der Waals surface area contributed by atoms with Gasteiger partial charge in [-0.15, -0.1) is 0 Å². The first-order chi connectivity index (χ1) is 6.43. The number of aliphatic hydroxyl groups is 1. The minimum atomic E-state index is -1.37. The Morgan fingerprint density at radius 1 is 1.29 bits per heavy atom. The number of hydrogen-bond acceptors (Lipinski definition) is 2. The molecule has 0 aromatic heterocycles. The Balaban J connectivity index is 3.25. The van der Waals surface area contributed by atoms with Crippen molar-refractivity contribution in [1.82, 2.24) is 0 Å². The molecule has 2 nitrogen and oxygen atoms in total. The van der Waals surface area contributed by atoms with Crippen LogP contribution in [0.1, 0.15) is 12.5 Å². The zero-order valence-corrected chi connectivity index (χ0v) is 7.39. The lowest BCUT2D eigenvalue weighted by Crippen LogP contribution is -2.09. The van der Waals surface area contributed by atoms with E-state index in [-0.39, 0.29) is 6.42 Å². The highest BCUT2D eigenvalue weighted by Gasteiger charge is 2.19. The summed E-state index contributed by atoms with van der Waals surface area (Å²) < 4.78 is 38.7. The second kappa shape index (κ2) is 3.88. The van der Waals surface area contributed by atoms with Gasteiger partial charge < -0.3 is 10.2 Å². The molecule has 1 atom stereocenters. The Kier molecular flexibility index (Phi) is 3.00. The van der Waals surface area contributed by atoms with Gasteiger partial charge in [-0.1, -0.05) is 0 Å². The molecular weight excluding hydrogens is 197 g/mol. The average Bonchev–Trinajstić information content (AvgIpc) is 2.09. The van der Waals surface area contributed by atoms with Crippen molar-refractivity contribution in [2.24, 2.45) is 0 Å². The van der Waals surface area contributed by atoms with Crippen LogP contribution in [0, 0.1) is 17.5 Å². The van der Waals surface area contributed by atoms with Crippen LogP contribution in [0.3, 0.4) is 0 Å². The zero-order valence-electron chi connectivity index (χ0n) is 7.39. The topological polar surface area (TPSA) is 40.5 Å². The van der Waals surface area contributed by atoms with Gasteiger partial charge in [-0.25, -0.2) is 13.2 Å². The summed E-state index contributed by atoms with van der Waals surface area (Å²) in [5, 5.41) is 17.8. The molecule has 0 radical (unpaired) electrons. The molecule has 0 heterocycles. The number of halogens is 3. The lowest BCUT2D eigenvalue weighted by Gasteiger charge is -2.08. The van der Waals surface area contributed by atoms with Crippen LogP contribution in [0.25, 0.3) is 0 Å². The summed E-state index contributed by atoms with van der Waals surface area (Å²) in [6.45, 7) is 1.31. The standard InChI is InChI=1S/C9H9F3O2/c1-4(13)2-5-8(11)6(10)3-7(14)9(5)12/h3-4,13-14H,2H2,1H3. The van der Waals surface area contributed by atoms with Crippen molar-refractivity contribution in [2.45, 2.75) is 19.4 Å². The predicted octanol–water partition coefficient (Wildman–Crippen LogP) is 1.73. The van der Waals surface area contributed by atoms with Gasteiger partial charge in [0, 0.05) is 18.1 Å². The molecule has 0 fully saturated rings. The second-order valence-corrected chi connectivity index (χ2v) is 3.04. The quantitative estimate of drug-likeness (QED) is 0.723. The van der Waals surface area contributed by atoms with Crippen LogP contribution in [0.15, 0.2) is 6.07 Å². The van der Waals surface area contributed by atoms with Crippen molar-refractivity contribution in [2.75, 3.05) is 0 Å². The monoisotopic (exact) mass is 206 g/mol. The minimum Gasteiger partial charge on any atom is -0.505 e. The number of rotatable bonds is 2. The minimum absolute atomic E-state index is 0.357. The SMILES string of the molecule is CC(O)Cc1c(F)c(O)cc(F)c1F. The molecule has 78 valence electrons. The first-order valence-electron chi connectivity index (χ1n) is 3.97. The van der Waals surface area contributed by atoms with E-state index in [1.807, 2.05) is 0 Å². The smallest absolute Gasteiger partial charge is 0.171 e. The van der Waals surface area contributed by atoms with Gasteiger partial charge in [-0.05, 0) is 6.92 Å². The van der Waals surface area contributed by atoms with E-state index in [1.165, 1.54) is 6.92 Å². The Bertz CT molecular complexity index is 324. The molecule has 0 saturated carbocycles. The molecule has 0 aliphatic carbocycles. The average molecular weight is 206 g/mol. The second-order valence-electron chi connectivity index (χ2n) is 3.04. The first kappa shape index (κ1) is 10.8. The third-order valence-electron chi connectivity index (χ3n) is 1.73. The highest BCUT2D eigenvalue weighted by Crippen LogP contribution is 2.25. The van der Waals surface area contributed by atoms with E-state index in [0.717, 1.165) is 0 Å². The Labute approximate surface area is 78.6 Å². The van der Waals surface area contributed by atoms with E-state index in [0.29, 0.717) is 6.07 Å². The third-order valence-corrected chi connectivity index (χ3v) is 1.73. The van der Waals surface area contributed by atoms with Gasteiger partial charge in [-0.3, -0.25) is 0 Å². The first-order valence-corrected chi connectivity index (χ1v) is 3.97. The molecule has 0 bridgehead atoms. The van der Waals surface area contributed by atoms with Gasteiger partial charge in [0.05, 0.1) is 6.10 Å². The van der Waals surface area contributed by atoms with Crippen molar-refractivity contribution in [3.05, 3.63) is 29.1 Å². The normalized spacial score (nSPS) is 12.9. The summed E-state index contributed by atoms with van der Waals surface area (Å²) in [5.74, 6) is -4.90. The number of phenolic OH excluding ortho intramolecular Hbond substituents is 1. The van der Waals surface area contributed by atoms with Crippen molar-refractivity contribution >= 4 is 0 Å². The van der Waals surface area contributed by atoms with E-state index < -0.39 is 34.9 Å². The zero-order chi connectivity index (χ0) is 10.9.